The first kappa shape index (κ1) is 38.2. The van der Waals surface area contributed by atoms with Crippen LogP contribution in [0, 0.1) is 41.4 Å². The minimum absolute atomic E-state index is 0.0838. The highest BCUT2D eigenvalue weighted by molar-refractivity contribution is 5.76. The van der Waals surface area contributed by atoms with Crippen LogP contribution in [-0.4, -0.2) is 29.1 Å². The van der Waals surface area contributed by atoms with Crippen molar-refractivity contribution in [2.45, 2.75) is 124 Å². The normalized spacial score (nSPS) is 42.4. The van der Waals surface area contributed by atoms with Gasteiger partial charge in [-0.2, -0.15) is 0 Å². The summed E-state index contributed by atoms with van der Waals surface area (Å²) in [4.78, 5) is 3.15. The maximum atomic E-state index is 6.90. The number of hydrogen-bond donors (Lipinski definition) is 0. The van der Waals surface area contributed by atoms with Crippen LogP contribution in [-0.2, 0) is 15.6 Å². The van der Waals surface area contributed by atoms with Crippen LogP contribution >= 0.6 is 0 Å². The number of ether oxygens (including phenoxy) is 1. The molecule has 65 heavy (non-hydrogen) atoms. The van der Waals surface area contributed by atoms with Crippen molar-refractivity contribution in [3.63, 3.8) is 0 Å². The number of benzene rings is 2. The van der Waals surface area contributed by atoms with E-state index in [1.807, 2.05) is 0 Å². The molecule has 13 aliphatic rings. The zero-order valence-electron chi connectivity index (χ0n) is 38.1. The molecule has 2 nitrogen and oxygen atoms in total. The third kappa shape index (κ3) is 4.91. The van der Waals surface area contributed by atoms with E-state index in [0.717, 1.165) is 12.2 Å². The summed E-state index contributed by atoms with van der Waals surface area (Å²) in [6, 6.07) is 20.6. The van der Waals surface area contributed by atoms with Crippen LogP contribution < -0.4 is 0 Å². The molecule has 12 aliphatic carbocycles. The predicted molar refractivity (Wildman–Crippen MR) is 263 cm³/mol. The molecule has 15 rings (SSSR count). The van der Waals surface area contributed by atoms with E-state index in [1.54, 1.807) is 50.1 Å². The predicted octanol–water partition coefficient (Wildman–Crippen LogP) is 13.8. The Morgan fingerprint density at radius 3 is 2.46 bits per heavy atom. The molecule has 0 radical (unpaired) electrons. The average molecular weight is 850 g/mol. The van der Waals surface area contributed by atoms with Crippen molar-refractivity contribution < 1.29 is 4.74 Å². The smallest absolute Gasteiger partial charge is 0.127 e. The lowest BCUT2D eigenvalue weighted by Crippen LogP contribution is -2.54. The second kappa shape index (κ2) is 14.1. The van der Waals surface area contributed by atoms with Gasteiger partial charge in [0.1, 0.15) is 11.9 Å². The lowest BCUT2D eigenvalue weighted by molar-refractivity contribution is 0.0718. The monoisotopic (exact) mass is 849 g/mol. The van der Waals surface area contributed by atoms with E-state index in [-0.39, 0.29) is 23.0 Å². The van der Waals surface area contributed by atoms with Gasteiger partial charge in [0.25, 0.3) is 0 Å². The Hall–Kier alpha value is -4.92. The average Bonchev–Trinajstić information content (AvgIpc) is 4.13. The summed E-state index contributed by atoms with van der Waals surface area (Å²) in [5, 5.41) is 0. The van der Waals surface area contributed by atoms with Crippen molar-refractivity contribution in [3.8, 4) is 0 Å². The van der Waals surface area contributed by atoms with Crippen LogP contribution in [0.15, 0.2) is 191 Å². The Morgan fingerprint density at radius 2 is 1.51 bits per heavy atom. The highest BCUT2D eigenvalue weighted by atomic mass is 16.5. The van der Waals surface area contributed by atoms with Gasteiger partial charge in [-0.1, -0.05) is 147 Å². The summed E-state index contributed by atoms with van der Waals surface area (Å²) >= 11 is 0. The third-order valence-electron chi connectivity index (χ3n) is 20.1. The highest BCUT2D eigenvalue weighted by Crippen LogP contribution is 2.72. The molecule has 0 bridgehead atoms. The SMILES string of the molecule is CC1C=CC2=C(C1)C1(C3=CC(N(C4C=C[C@@H]5C6C=CC=CC6C6(c7ccccc7C7CC=CCC76)C5C4)C4CC=CC5=C4C4C=CC=CC4O5)CCC3c3ccccc31)C1=C2CCCC1. The first-order valence-corrected chi connectivity index (χ1v) is 26.1. The fraction of sp³-hybridized carbons (Fsp3) is 0.429. The van der Waals surface area contributed by atoms with Gasteiger partial charge in [-0.05, 0) is 174 Å². The van der Waals surface area contributed by atoms with E-state index >= 15 is 0 Å². The van der Waals surface area contributed by atoms with Crippen molar-refractivity contribution in [2.24, 2.45) is 41.4 Å². The van der Waals surface area contributed by atoms with Gasteiger partial charge in [-0.3, -0.25) is 4.90 Å². The van der Waals surface area contributed by atoms with Crippen molar-refractivity contribution >= 4 is 0 Å². The van der Waals surface area contributed by atoms with Crippen molar-refractivity contribution in [2.75, 3.05) is 0 Å². The second-order valence-corrected chi connectivity index (χ2v) is 22.5. The zero-order valence-corrected chi connectivity index (χ0v) is 38.1. The van der Waals surface area contributed by atoms with Crippen LogP contribution in [0.5, 0.6) is 0 Å². The molecule has 1 aliphatic heterocycles. The maximum Gasteiger partial charge on any atom is 0.127 e. The van der Waals surface area contributed by atoms with Crippen LogP contribution in [0.25, 0.3) is 0 Å². The zero-order chi connectivity index (χ0) is 42.6. The molecule has 1 heterocycles. The molecule has 1 fully saturated rings. The van der Waals surface area contributed by atoms with Gasteiger partial charge in [-0.25, -0.2) is 0 Å². The molecule has 14 unspecified atom stereocenters. The second-order valence-electron chi connectivity index (χ2n) is 22.5. The Labute approximate surface area is 387 Å². The van der Waals surface area contributed by atoms with Gasteiger partial charge in [0.2, 0.25) is 0 Å². The lowest BCUT2D eigenvalue weighted by Gasteiger charge is -2.51. The van der Waals surface area contributed by atoms with E-state index in [0.29, 0.717) is 65.3 Å². The molecule has 0 saturated heterocycles. The van der Waals surface area contributed by atoms with Crippen LogP contribution in [0.1, 0.15) is 112 Å². The molecule has 0 aromatic heterocycles. The summed E-state index contributed by atoms with van der Waals surface area (Å²) in [5.41, 5.74) is 16.8. The first-order valence-electron chi connectivity index (χ1n) is 26.1. The summed E-state index contributed by atoms with van der Waals surface area (Å²) in [5.74, 6) is 5.94. The molecule has 0 N–H and O–H groups in total. The third-order valence-corrected chi connectivity index (χ3v) is 20.1. The van der Waals surface area contributed by atoms with E-state index in [9.17, 15) is 0 Å². The van der Waals surface area contributed by atoms with Crippen molar-refractivity contribution in [1.82, 2.24) is 4.90 Å². The number of hydrogen-bond acceptors (Lipinski definition) is 2. The van der Waals surface area contributed by atoms with E-state index in [4.69, 9.17) is 4.74 Å². The topological polar surface area (TPSA) is 12.5 Å². The molecular weight excluding hydrogens is 787 g/mol. The molecule has 15 atom stereocenters. The number of rotatable bonds is 3. The quantitative estimate of drug-likeness (QED) is 0.285. The maximum absolute atomic E-state index is 6.90. The van der Waals surface area contributed by atoms with Crippen LogP contribution in [0.3, 0.4) is 0 Å². The molecule has 2 spiro atoms. The Bertz CT molecular complexity index is 2810. The highest BCUT2D eigenvalue weighted by Gasteiger charge is 2.67. The number of allylic oxidation sites excluding steroid dienone is 17. The summed E-state index contributed by atoms with van der Waals surface area (Å²) in [7, 11) is 0. The summed E-state index contributed by atoms with van der Waals surface area (Å²) in [6.07, 6.45) is 56.3. The molecule has 2 heteroatoms. The number of fused-ring (bicyclic) bond motifs is 20. The van der Waals surface area contributed by atoms with Crippen molar-refractivity contribution in [1.29, 1.82) is 0 Å². The van der Waals surface area contributed by atoms with E-state index in [1.165, 1.54) is 69.8 Å². The van der Waals surface area contributed by atoms with E-state index in [2.05, 4.69) is 164 Å². The van der Waals surface area contributed by atoms with Gasteiger partial charge >= 0.3 is 0 Å². The van der Waals surface area contributed by atoms with Gasteiger partial charge in [0.15, 0.2) is 0 Å². The van der Waals surface area contributed by atoms with Crippen LogP contribution in [0.4, 0.5) is 0 Å². The minimum atomic E-state index is -0.0838. The molecule has 326 valence electrons. The fourth-order valence-corrected chi connectivity index (χ4v) is 18.2. The fourth-order valence-electron chi connectivity index (χ4n) is 18.2. The Balaban J connectivity index is 0.917. The Morgan fingerprint density at radius 1 is 0.677 bits per heavy atom. The molecule has 1 saturated carbocycles. The minimum Gasteiger partial charge on any atom is -0.485 e. The van der Waals surface area contributed by atoms with Crippen LogP contribution in [0.2, 0.25) is 0 Å². The van der Waals surface area contributed by atoms with Gasteiger partial charge in [0.05, 0.1) is 5.41 Å². The first-order chi connectivity index (χ1) is 32.2. The Kier molecular flexibility index (Phi) is 8.26. The van der Waals surface area contributed by atoms with E-state index < -0.39 is 0 Å². The largest absolute Gasteiger partial charge is 0.485 e. The molecule has 2 aromatic rings. The van der Waals surface area contributed by atoms with Gasteiger partial charge in [0, 0.05) is 40.9 Å². The summed E-state index contributed by atoms with van der Waals surface area (Å²) < 4.78 is 6.90. The number of nitrogens with zero attached hydrogens (tertiary/aromatic N) is 1. The summed E-state index contributed by atoms with van der Waals surface area (Å²) in [6.45, 7) is 2.46. The lowest BCUT2D eigenvalue weighted by atomic mass is 9.57. The standard InChI is InChI=1S/C63H63NO/c1-38-29-32-46-43-17-5-11-24-53(43)63(55(46)35-38)54-25-12-6-19-45(54)48-34-31-40(37-57(48)63)64(58-26-14-28-60-61(58)49-20-7-13-27-59(49)65-60)39-30-33-47-44-18-4-10-23-52(44)62(56(47)36-39)50-21-8-2-15-41(50)42-16-3-9-22-51(42)62/h2-4,6-10,12-15,18-21,23,25,27-30,32-33,37-40,42,44,47-49,51-52,56,58-59H,5,11,16-17,22,24,26,31,34-36H2,1H3/t38?,39?,40?,42?,44?,47-,48?,49?,51?,52?,56?,58?,59?,62?,63?/m1/s1. The van der Waals surface area contributed by atoms with Crippen molar-refractivity contribution in [3.05, 3.63) is 213 Å². The molecule has 0 amide bonds. The van der Waals surface area contributed by atoms with Gasteiger partial charge in [-0.15, -0.1) is 0 Å². The molecule has 2 aromatic carbocycles. The van der Waals surface area contributed by atoms with Gasteiger partial charge < -0.3 is 4.74 Å². The molecular formula is C63H63NO.